The largest absolute Gasteiger partial charge is 0.0622 e. The van der Waals surface area contributed by atoms with Crippen LogP contribution in [0, 0.1) is 0 Å². The van der Waals surface area contributed by atoms with Gasteiger partial charge in [0.05, 0.1) is 0 Å². The molecule has 0 nitrogen and oxygen atoms in total. The Balaban J connectivity index is 1.16. The normalized spacial score (nSPS) is 11.8. The minimum Gasteiger partial charge on any atom is -0.0622 e. The highest BCUT2D eigenvalue weighted by molar-refractivity contribution is 6.22. The fraction of sp³-hybridized carbons (Fsp3) is 0.0196. The highest BCUT2D eigenvalue weighted by Gasteiger charge is 2.22. The van der Waals surface area contributed by atoms with E-state index in [1.165, 1.54) is 99.4 Å². The Labute approximate surface area is 298 Å². The molecule has 0 heteroatoms. The molecule has 0 N–H and O–H groups in total. The van der Waals surface area contributed by atoms with E-state index in [1.54, 1.807) is 0 Å². The van der Waals surface area contributed by atoms with Gasteiger partial charge in [-0.2, -0.15) is 0 Å². The summed E-state index contributed by atoms with van der Waals surface area (Å²) in [5.74, 6) is 0. The molecule has 238 valence electrons. The van der Waals surface area contributed by atoms with Crippen LogP contribution in [-0.2, 0) is 6.42 Å². The van der Waals surface area contributed by atoms with Gasteiger partial charge in [0.2, 0.25) is 0 Å². The topological polar surface area (TPSA) is 0 Å². The van der Waals surface area contributed by atoms with Crippen molar-refractivity contribution in [3.63, 3.8) is 0 Å². The summed E-state index contributed by atoms with van der Waals surface area (Å²) < 4.78 is 0. The van der Waals surface area contributed by atoms with E-state index in [1.807, 2.05) is 0 Å². The molecule has 1 aliphatic carbocycles. The summed E-state index contributed by atoms with van der Waals surface area (Å²) >= 11 is 0. The first-order chi connectivity index (χ1) is 25.3. The van der Waals surface area contributed by atoms with E-state index in [9.17, 15) is 0 Å². The number of hydrogen-bond acceptors (Lipinski definition) is 0. The van der Waals surface area contributed by atoms with Gasteiger partial charge in [0.15, 0.2) is 0 Å². The second-order valence-corrected chi connectivity index (χ2v) is 13.6. The maximum atomic E-state index is 2.37. The Morgan fingerprint density at radius 2 is 0.745 bits per heavy atom. The molecule has 0 spiro atoms. The first-order valence-electron chi connectivity index (χ1n) is 17.8. The van der Waals surface area contributed by atoms with Crippen molar-refractivity contribution in [2.75, 3.05) is 0 Å². The molecule has 9 aromatic rings. The molecule has 0 unspecified atom stereocenters. The molecule has 9 aromatic carbocycles. The van der Waals surface area contributed by atoms with Crippen molar-refractivity contribution in [2.24, 2.45) is 0 Å². The average Bonchev–Trinajstić information content (AvgIpc) is 3.60. The highest BCUT2D eigenvalue weighted by atomic mass is 14.3. The van der Waals surface area contributed by atoms with E-state index in [0.29, 0.717) is 0 Å². The van der Waals surface area contributed by atoms with Crippen LogP contribution >= 0.6 is 0 Å². The van der Waals surface area contributed by atoms with Gasteiger partial charge in [0.1, 0.15) is 0 Å². The van der Waals surface area contributed by atoms with Gasteiger partial charge in [-0.25, -0.2) is 0 Å². The second-order valence-electron chi connectivity index (χ2n) is 13.6. The molecule has 0 amide bonds. The third-order valence-electron chi connectivity index (χ3n) is 10.7. The molecule has 0 radical (unpaired) electrons. The first-order valence-corrected chi connectivity index (χ1v) is 17.8. The molecular formula is C51H34. The Bertz CT molecular complexity index is 2680. The summed E-state index contributed by atoms with van der Waals surface area (Å²) in [7, 11) is 0. The molecule has 51 heavy (non-hydrogen) atoms. The van der Waals surface area contributed by atoms with E-state index in [4.69, 9.17) is 0 Å². The van der Waals surface area contributed by atoms with Crippen molar-refractivity contribution in [3.8, 4) is 66.8 Å². The summed E-state index contributed by atoms with van der Waals surface area (Å²) in [5, 5.41) is 5.06. The van der Waals surface area contributed by atoms with E-state index >= 15 is 0 Å². The zero-order valence-electron chi connectivity index (χ0n) is 28.2. The van der Waals surface area contributed by atoms with Gasteiger partial charge < -0.3 is 0 Å². The maximum Gasteiger partial charge on any atom is -0.000729 e. The monoisotopic (exact) mass is 646 g/mol. The number of rotatable bonds is 5. The van der Waals surface area contributed by atoms with Crippen LogP contribution in [0.5, 0.6) is 0 Å². The molecule has 0 saturated heterocycles. The molecule has 1 aliphatic rings. The SMILES string of the molecule is c1ccc(-c2ccc(-c3c4ccccc4c(-c4ccc(-c5cccc6c5Cc5ccccc5-6)cc4)c4ccccc34)c(-c3ccccc3)c2)cc1. The summed E-state index contributed by atoms with van der Waals surface area (Å²) in [4.78, 5) is 0. The van der Waals surface area contributed by atoms with Crippen LogP contribution in [0.15, 0.2) is 194 Å². The van der Waals surface area contributed by atoms with Crippen LogP contribution in [0.25, 0.3) is 88.3 Å². The summed E-state index contributed by atoms with van der Waals surface area (Å²) in [6, 6.07) is 71.4. The van der Waals surface area contributed by atoms with Crippen molar-refractivity contribution in [3.05, 3.63) is 205 Å². The molecule has 0 heterocycles. The van der Waals surface area contributed by atoms with Gasteiger partial charge in [-0.05, 0) is 112 Å². The number of benzene rings is 9. The highest BCUT2D eigenvalue weighted by Crippen LogP contribution is 2.47. The Kier molecular flexibility index (Phi) is 6.99. The van der Waals surface area contributed by atoms with E-state index in [0.717, 1.165) is 6.42 Å². The second kappa shape index (κ2) is 12.1. The maximum absolute atomic E-state index is 2.37. The molecule has 0 atom stereocenters. The Morgan fingerprint density at radius 1 is 0.255 bits per heavy atom. The summed E-state index contributed by atoms with van der Waals surface area (Å²) in [6.45, 7) is 0. The van der Waals surface area contributed by atoms with Crippen LogP contribution in [0.1, 0.15) is 11.1 Å². The van der Waals surface area contributed by atoms with Crippen LogP contribution in [0.2, 0.25) is 0 Å². The quantitative estimate of drug-likeness (QED) is 0.163. The predicted octanol–water partition coefficient (Wildman–Crippen LogP) is 13.9. The molecule has 10 rings (SSSR count). The van der Waals surface area contributed by atoms with E-state index in [-0.39, 0.29) is 0 Å². The molecule has 0 aliphatic heterocycles. The van der Waals surface area contributed by atoms with Gasteiger partial charge in [-0.3, -0.25) is 0 Å². The minimum absolute atomic E-state index is 0.984. The van der Waals surface area contributed by atoms with Crippen molar-refractivity contribution in [1.29, 1.82) is 0 Å². The molecule has 0 saturated carbocycles. The predicted molar refractivity (Wildman–Crippen MR) is 217 cm³/mol. The lowest BCUT2D eigenvalue weighted by Crippen LogP contribution is -1.93. The van der Waals surface area contributed by atoms with Gasteiger partial charge >= 0.3 is 0 Å². The van der Waals surface area contributed by atoms with Crippen LogP contribution in [-0.4, -0.2) is 0 Å². The van der Waals surface area contributed by atoms with Crippen molar-refractivity contribution >= 4 is 21.5 Å². The third-order valence-corrected chi connectivity index (χ3v) is 10.7. The Hall–Kier alpha value is -6.50. The summed E-state index contributed by atoms with van der Waals surface area (Å²) in [6.07, 6.45) is 0.984. The third kappa shape index (κ3) is 4.91. The zero-order valence-corrected chi connectivity index (χ0v) is 28.2. The lowest BCUT2D eigenvalue weighted by molar-refractivity contribution is 1.26. The number of fused-ring (bicyclic) bond motifs is 5. The van der Waals surface area contributed by atoms with Crippen molar-refractivity contribution < 1.29 is 0 Å². The molecule has 0 fully saturated rings. The molecule has 0 bridgehead atoms. The standard InChI is InChI=1S/C51H34/c1-3-14-34(15-4-1)38-30-31-47(48(32-38)35-16-5-2-6-17-35)51-45-22-11-9-20-43(45)50(44-21-10-12-23-46(44)51)37-28-26-36(27-29-37)40-24-13-25-42-41-19-8-7-18-39(41)33-49(40)42/h1-32H,33H2. The lowest BCUT2D eigenvalue weighted by atomic mass is 9.83. The van der Waals surface area contributed by atoms with Crippen LogP contribution < -0.4 is 0 Å². The smallest absolute Gasteiger partial charge is 0.000729 e. The fourth-order valence-electron chi connectivity index (χ4n) is 8.40. The van der Waals surface area contributed by atoms with Gasteiger partial charge in [0.25, 0.3) is 0 Å². The van der Waals surface area contributed by atoms with Crippen molar-refractivity contribution in [1.82, 2.24) is 0 Å². The van der Waals surface area contributed by atoms with Gasteiger partial charge in [-0.1, -0.05) is 188 Å². The number of hydrogen-bond donors (Lipinski definition) is 0. The molecular weight excluding hydrogens is 613 g/mol. The van der Waals surface area contributed by atoms with Gasteiger partial charge in [-0.15, -0.1) is 0 Å². The molecule has 0 aromatic heterocycles. The summed E-state index contributed by atoms with van der Waals surface area (Å²) in [5.41, 5.74) is 18.1. The Morgan fingerprint density at radius 3 is 1.43 bits per heavy atom. The van der Waals surface area contributed by atoms with E-state index in [2.05, 4.69) is 194 Å². The van der Waals surface area contributed by atoms with Gasteiger partial charge in [0, 0.05) is 0 Å². The first kappa shape index (κ1) is 29.4. The fourth-order valence-corrected chi connectivity index (χ4v) is 8.40. The lowest BCUT2D eigenvalue weighted by Gasteiger charge is -2.20. The average molecular weight is 647 g/mol. The van der Waals surface area contributed by atoms with Crippen LogP contribution in [0.4, 0.5) is 0 Å². The van der Waals surface area contributed by atoms with Crippen molar-refractivity contribution in [2.45, 2.75) is 6.42 Å². The van der Waals surface area contributed by atoms with Crippen LogP contribution in [0.3, 0.4) is 0 Å². The zero-order chi connectivity index (χ0) is 33.7. The minimum atomic E-state index is 0.984. The van der Waals surface area contributed by atoms with E-state index < -0.39 is 0 Å².